The lowest BCUT2D eigenvalue weighted by Crippen LogP contribution is -2.54. The molecule has 1 saturated carbocycles. The van der Waals surface area contributed by atoms with Gasteiger partial charge in [0.25, 0.3) is 0 Å². The van der Waals surface area contributed by atoms with Crippen LogP contribution in [0.5, 0.6) is 0 Å². The Balaban J connectivity index is 2.26. The zero-order chi connectivity index (χ0) is 16.1. The van der Waals surface area contributed by atoms with Gasteiger partial charge in [0.1, 0.15) is 0 Å². The molecule has 2 aliphatic rings. The van der Waals surface area contributed by atoms with Crippen molar-refractivity contribution in [3.63, 3.8) is 0 Å². The summed E-state index contributed by atoms with van der Waals surface area (Å²) in [7, 11) is 0. The molecule has 2 unspecified atom stereocenters. The second-order valence-electron chi connectivity index (χ2n) is 8.07. The molecule has 0 bridgehead atoms. The molecule has 1 aliphatic carbocycles. The molecule has 1 saturated heterocycles. The first-order valence-electron chi connectivity index (χ1n) is 8.09. The van der Waals surface area contributed by atoms with Gasteiger partial charge in [0.2, 0.25) is 5.91 Å². The molecule has 4 heteroatoms. The molecule has 2 rings (SSSR count). The van der Waals surface area contributed by atoms with Crippen molar-refractivity contribution >= 4 is 11.9 Å². The van der Waals surface area contributed by atoms with Gasteiger partial charge in [0, 0.05) is 13.1 Å². The first-order chi connectivity index (χ1) is 9.56. The van der Waals surface area contributed by atoms with Crippen molar-refractivity contribution in [1.82, 2.24) is 4.90 Å². The summed E-state index contributed by atoms with van der Waals surface area (Å²) < 4.78 is 0. The Bertz CT molecular complexity index is 451. The fourth-order valence-corrected chi connectivity index (χ4v) is 4.04. The van der Waals surface area contributed by atoms with E-state index < -0.39 is 22.2 Å². The van der Waals surface area contributed by atoms with Crippen LogP contribution in [-0.4, -0.2) is 35.0 Å². The molecular formula is C17H29NO3. The SMILES string of the molecule is CC1CCN(C(=O)C2(C)CCC(C)(C(=O)O)C2(C)C)CC1. The van der Waals surface area contributed by atoms with Crippen LogP contribution in [0, 0.1) is 22.2 Å². The number of carbonyl (C=O) groups excluding carboxylic acids is 1. The average molecular weight is 295 g/mol. The highest BCUT2D eigenvalue weighted by atomic mass is 16.4. The molecule has 0 aromatic carbocycles. The van der Waals surface area contributed by atoms with Gasteiger partial charge in [-0.3, -0.25) is 9.59 Å². The molecule has 1 heterocycles. The molecule has 120 valence electrons. The van der Waals surface area contributed by atoms with E-state index in [2.05, 4.69) is 6.92 Å². The molecule has 2 atom stereocenters. The summed E-state index contributed by atoms with van der Waals surface area (Å²) in [5.41, 5.74) is -1.97. The van der Waals surface area contributed by atoms with Gasteiger partial charge >= 0.3 is 5.97 Å². The molecule has 0 spiro atoms. The maximum Gasteiger partial charge on any atom is 0.309 e. The van der Waals surface area contributed by atoms with E-state index in [1.807, 2.05) is 25.7 Å². The Kier molecular flexibility index (Phi) is 3.88. The van der Waals surface area contributed by atoms with Gasteiger partial charge in [-0.25, -0.2) is 0 Å². The Morgan fingerprint density at radius 1 is 1.00 bits per heavy atom. The minimum atomic E-state index is -0.833. The van der Waals surface area contributed by atoms with Crippen LogP contribution in [-0.2, 0) is 9.59 Å². The summed E-state index contributed by atoms with van der Waals surface area (Å²) in [6, 6.07) is 0. The van der Waals surface area contributed by atoms with E-state index in [0.717, 1.165) is 25.9 Å². The lowest BCUT2D eigenvalue weighted by molar-refractivity contribution is -0.162. The third-order valence-corrected chi connectivity index (χ3v) is 6.90. The molecule has 2 fully saturated rings. The number of hydrogen-bond donors (Lipinski definition) is 1. The Labute approximate surface area is 127 Å². The van der Waals surface area contributed by atoms with Gasteiger partial charge in [-0.05, 0) is 43.9 Å². The normalized spacial score (nSPS) is 36.7. The van der Waals surface area contributed by atoms with E-state index in [1.54, 1.807) is 6.92 Å². The zero-order valence-corrected chi connectivity index (χ0v) is 14.0. The molecular weight excluding hydrogens is 266 g/mol. The van der Waals surface area contributed by atoms with Gasteiger partial charge in [-0.1, -0.05) is 27.7 Å². The molecule has 1 aliphatic heterocycles. The van der Waals surface area contributed by atoms with Gasteiger partial charge in [-0.15, -0.1) is 0 Å². The second-order valence-corrected chi connectivity index (χ2v) is 8.07. The standard InChI is InChI=1S/C17H29NO3/c1-12-6-10-18(11-7-12)13(19)16(4)8-9-17(5,14(20)21)15(16,2)3/h12H,6-11H2,1-5H3,(H,20,21). The predicted molar refractivity (Wildman–Crippen MR) is 81.8 cm³/mol. The number of amides is 1. The number of aliphatic carboxylic acids is 1. The van der Waals surface area contributed by atoms with Gasteiger partial charge in [0.05, 0.1) is 10.8 Å². The van der Waals surface area contributed by atoms with E-state index in [1.165, 1.54) is 0 Å². The highest BCUT2D eigenvalue weighted by Crippen LogP contribution is 2.63. The highest BCUT2D eigenvalue weighted by molar-refractivity contribution is 5.87. The molecule has 1 N–H and O–H groups in total. The largest absolute Gasteiger partial charge is 0.481 e. The van der Waals surface area contributed by atoms with E-state index in [4.69, 9.17) is 0 Å². The number of carbonyl (C=O) groups is 2. The maximum atomic E-state index is 13.1. The van der Waals surface area contributed by atoms with Crippen molar-refractivity contribution in [1.29, 1.82) is 0 Å². The summed E-state index contributed by atoms with van der Waals surface area (Å²) in [6.07, 6.45) is 3.34. The number of rotatable bonds is 2. The zero-order valence-electron chi connectivity index (χ0n) is 14.0. The van der Waals surface area contributed by atoms with Crippen LogP contribution < -0.4 is 0 Å². The smallest absolute Gasteiger partial charge is 0.309 e. The molecule has 0 radical (unpaired) electrons. The summed E-state index contributed by atoms with van der Waals surface area (Å²) in [5, 5.41) is 9.64. The van der Waals surface area contributed by atoms with Crippen molar-refractivity contribution in [2.45, 2.75) is 60.3 Å². The summed E-state index contributed by atoms with van der Waals surface area (Å²) >= 11 is 0. The molecule has 21 heavy (non-hydrogen) atoms. The Hall–Kier alpha value is -1.06. The summed E-state index contributed by atoms with van der Waals surface area (Å²) in [5.74, 6) is 0.0587. The van der Waals surface area contributed by atoms with Crippen LogP contribution in [0.2, 0.25) is 0 Å². The minimum Gasteiger partial charge on any atom is -0.481 e. The predicted octanol–water partition coefficient (Wildman–Crippen LogP) is 3.16. The van der Waals surface area contributed by atoms with Crippen LogP contribution in [0.25, 0.3) is 0 Å². The van der Waals surface area contributed by atoms with Crippen LogP contribution in [0.4, 0.5) is 0 Å². The van der Waals surface area contributed by atoms with Gasteiger partial charge < -0.3 is 10.0 Å². The van der Waals surface area contributed by atoms with E-state index in [0.29, 0.717) is 18.8 Å². The molecule has 1 amide bonds. The first-order valence-corrected chi connectivity index (χ1v) is 8.09. The van der Waals surface area contributed by atoms with E-state index >= 15 is 0 Å². The Morgan fingerprint density at radius 2 is 1.48 bits per heavy atom. The van der Waals surface area contributed by atoms with Gasteiger partial charge in [0.15, 0.2) is 0 Å². The summed E-state index contributed by atoms with van der Waals surface area (Å²) in [4.78, 5) is 26.8. The number of hydrogen-bond acceptors (Lipinski definition) is 2. The Morgan fingerprint density at radius 3 is 1.90 bits per heavy atom. The highest BCUT2D eigenvalue weighted by Gasteiger charge is 2.65. The third kappa shape index (κ3) is 2.18. The fraction of sp³-hybridized carbons (Fsp3) is 0.882. The maximum absolute atomic E-state index is 13.1. The first kappa shape index (κ1) is 16.3. The van der Waals surface area contributed by atoms with Crippen LogP contribution in [0.1, 0.15) is 60.3 Å². The van der Waals surface area contributed by atoms with Crippen LogP contribution >= 0.6 is 0 Å². The lowest BCUT2D eigenvalue weighted by atomic mass is 9.59. The number of likely N-dealkylation sites (tertiary alicyclic amines) is 1. The number of nitrogens with zero attached hydrogens (tertiary/aromatic N) is 1. The van der Waals surface area contributed by atoms with Gasteiger partial charge in [-0.2, -0.15) is 0 Å². The summed E-state index contributed by atoms with van der Waals surface area (Å²) in [6.45, 7) is 11.5. The average Bonchev–Trinajstić information content (AvgIpc) is 2.61. The molecule has 0 aromatic rings. The lowest BCUT2D eigenvalue weighted by Gasteiger charge is -2.46. The quantitative estimate of drug-likeness (QED) is 0.851. The number of piperidine rings is 1. The molecule has 4 nitrogen and oxygen atoms in total. The van der Waals surface area contributed by atoms with Crippen LogP contribution in [0.3, 0.4) is 0 Å². The topological polar surface area (TPSA) is 57.6 Å². The van der Waals surface area contributed by atoms with Crippen LogP contribution in [0.15, 0.2) is 0 Å². The number of carboxylic acids is 1. The van der Waals surface area contributed by atoms with Crippen molar-refractivity contribution in [3.8, 4) is 0 Å². The second kappa shape index (κ2) is 4.99. The van der Waals surface area contributed by atoms with E-state index in [-0.39, 0.29) is 5.91 Å². The van der Waals surface area contributed by atoms with Crippen molar-refractivity contribution in [2.75, 3.05) is 13.1 Å². The fourth-order valence-electron chi connectivity index (χ4n) is 4.04. The third-order valence-electron chi connectivity index (χ3n) is 6.90. The van der Waals surface area contributed by atoms with Crippen molar-refractivity contribution in [2.24, 2.45) is 22.2 Å². The van der Waals surface area contributed by atoms with Crippen molar-refractivity contribution < 1.29 is 14.7 Å². The number of carboxylic acid groups (broad SMARTS) is 1. The monoisotopic (exact) mass is 295 g/mol. The molecule has 0 aromatic heterocycles. The van der Waals surface area contributed by atoms with Crippen molar-refractivity contribution in [3.05, 3.63) is 0 Å². The van der Waals surface area contributed by atoms with E-state index in [9.17, 15) is 14.7 Å². The minimum absolute atomic E-state index is 0.157.